The van der Waals surface area contributed by atoms with Crippen molar-refractivity contribution in [1.82, 2.24) is 4.90 Å². The van der Waals surface area contributed by atoms with Crippen LogP contribution in [0.2, 0.25) is 0 Å². The van der Waals surface area contributed by atoms with E-state index in [0.29, 0.717) is 25.3 Å². The van der Waals surface area contributed by atoms with Crippen LogP contribution < -0.4 is 15.4 Å². The summed E-state index contributed by atoms with van der Waals surface area (Å²) >= 11 is 0. The molecule has 6 heteroatoms. The second-order valence-corrected chi connectivity index (χ2v) is 8.57. The molecule has 1 aliphatic rings. The lowest BCUT2D eigenvalue weighted by Gasteiger charge is -2.33. The van der Waals surface area contributed by atoms with Gasteiger partial charge in [-0.3, -0.25) is 4.79 Å². The maximum absolute atomic E-state index is 12.9. The summed E-state index contributed by atoms with van der Waals surface area (Å²) in [4.78, 5) is 27.6. The lowest BCUT2D eigenvalue weighted by molar-refractivity contribution is 0.102. The zero-order valence-corrected chi connectivity index (χ0v) is 19.7. The molecule has 0 aliphatic carbocycles. The SMILES string of the molecule is CCOc1ccc(NC(=O)N2CCC[C@@H](c3cccc(C(=O)Nc4ccccc4C)c3)C2)cc1. The highest BCUT2D eigenvalue weighted by Gasteiger charge is 2.25. The van der Waals surface area contributed by atoms with Gasteiger partial charge in [0.1, 0.15) is 5.75 Å². The maximum Gasteiger partial charge on any atom is 0.321 e. The Kier molecular flexibility index (Phi) is 7.48. The molecule has 1 heterocycles. The number of hydrogen-bond acceptors (Lipinski definition) is 3. The second-order valence-electron chi connectivity index (χ2n) is 8.57. The first-order valence-corrected chi connectivity index (χ1v) is 11.8. The fourth-order valence-electron chi connectivity index (χ4n) is 4.28. The Labute approximate surface area is 200 Å². The third kappa shape index (κ3) is 5.76. The van der Waals surface area contributed by atoms with E-state index in [1.165, 1.54) is 0 Å². The molecule has 0 radical (unpaired) electrons. The van der Waals surface area contributed by atoms with E-state index in [2.05, 4.69) is 10.6 Å². The van der Waals surface area contributed by atoms with Crippen molar-refractivity contribution in [3.63, 3.8) is 0 Å². The third-order valence-electron chi connectivity index (χ3n) is 6.14. The Hall–Kier alpha value is -3.80. The molecule has 1 atom stereocenters. The lowest BCUT2D eigenvalue weighted by Crippen LogP contribution is -2.41. The quantitative estimate of drug-likeness (QED) is 0.473. The smallest absolute Gasteiger partial charge is 0.321 e. The fourth-order valence-corrected chi connectivity index (χ4v) is 4.28. The minimum atomic E-state index is -0.128. The molecule has 2 N–H and O–H groups in total. The number of nitrogens with one attached hydrogen (secondary N) is 2. The highest BCUT2D eigenvalue weighted by atomic mass is 16.5. The summed E-state index contributed by atoms with van der Waals surface area (Å²) in [5.41, 5.74) is 4.28. The Morgan fingerprint density at radius 1 is 1.00 bits per heavy atom. The number of ether oxygens (including phenoxy) is 1. The molecule has 1 saturated heterocycles. The number of urea groups is 1. The van der Waals surface area contributed by atoms with E-state index >= 15 is 0 Å². The van der Waals surface area contributed by atoms with Gasteiger partial charge in [-0.1, -0.05) is 30.3 Å². The molecule has 34 heavy (non-hydrogen) atoms. The van der Waals surface area contributed by atoms with Crippen molar-refractivity contribution in [2.75, 3.05) is 30.3 Å². The van der Waals surface area contributed by atoms with Crippen molar-refractivity contribution in [3.8, 4) is 5.75 Å². The number of amides is 3. The van der Waals surface area contributed by atoms with E-state index in [-0.39, 0.29) is 17.9 Å². The van der Waals surface area contributed by atoms with Crippen molar-refractivity contribution in [2.45, 2.75) is 32.6 Å². The molecule has 0 aromatic heterocycles. The first-order valence-electron chi connectivity index (χ1n) is 11.8. The van der Waals surface area contributed by atoms with Crippen LogP contribution in [0, 0.1) is 6.92 Å². The van der Waals surface area contributed by atoms with Gasteiger partial charge in [0.2, 0.25) is 0 Å². The molecule has 176 valence electrons. The number of carbonyl (C=O) groups is 2. The molecule has 4 rings (SSSR count). The van der Waals surface area contributed by atoms with E-state index in [1.807, 2.05) is 91.5 Å². The highest BCUT2D eigenvalue weighted by molar-refractivity contribution is 6.04. The van der Waals surface area contributed by atoms with Gasteiger partial charge in [-0.25, -0.2) is 4.79 Å². The number of likely N-dealkylation sites (tertiary alicyclic amines) is 1. The summed E-state index contributed by atoms with van der Waals surface area (Å²) in [6, 6.07) is 22.8. The van der Waals surface area contributed by atoms with Crippen molar-refractivity contribution >= 4 is 23.3 Å². The van der Waals surface area contributed by atoms with Crippen LogP contribution in [0.15, 0.2) is 72.8 Å². The van der Waals surface area contributed by atoms with Crippen molar-refractivity contribution in [2.24, 2.45) is 0 Å². The average Bonchev–Trinajstić information content (AvgIpc) is 2.87. The molecule has 0 saturated carbocycles. The maximum atomic E-state index is 12.9. The molecule has 3 amide bonds. The molecular formula is C28H31N3O3. The molecule has 6 nitrogen and oxygen atoms in total. The van der Waals surface area contributed by atoms with Gasteiger partial charge in [0, 0.05) is 35.9 Å². The Morgan fingerprint density at radius 2 is 1.79 bits per heavy atom. The Morgan fingerprint density at radius 3 is 2.56 bits per heavy atom. The van der Waals surface area contributed by atoms with Gasteiger partial charge in [0.25, 0.3) is 5.91 Å². The van der Waals surface area contributed by atoms with Gasteiger partial charge in [0.15, 0.2) is 0 Å². The van der Waals surface area contributed by atoms with E-state index in [9.17, 15) is 9.59 Å². The molecular weight excluding hydrogens is 426 g/mol. The number of anilines is 2. The van der Waals surface area contributed by atoms with Crippen LogP contribution >= 0.6 is 0 Å². The Bertz CT molecular complexity index is 1140. The predicted molar refractivity (Wildman–Crippen MR) is 136 cm³/mol. The summed E-state index contributed by atoms with van der Waals surface area (Å²) in [6.07, 6.45) is 1.90. The molecule has 3 aromatic carbocycles. The van der Waals surface area contributed by atoms with Gasteiger partial charge in [-0.2, -0.15) is 0 Å². The van der Waals surface area contributed by atoms with Crippen LogP contribution in [0.25, 0.3) is 0 Å². The summed E-state index contributed by atoms with van der Waals surface area (Å²) in [5, 5.41) is 5.98. The number of benzene rings is 3. The van der Waals surface area contributed by atoms with Crippen molar-refractivity contribution in [3.05, 3.63) is 89.5 Å². The minimum Gasteiger partial charge on any atom is -0.494 e. The zero-order chi connectivity index (χ0) is 23.9. The number of piperidine rings is 1. The Balaban J connectivity index is 1.40. The van der Waals surface area contributed by atoms with Crippen LogP contribution in [0.4, 0.5) is 16.2 Å². The summed E-state index contributed by atoms with van der Waals surface area (Å²) < 4.78 is 5.46. The summed E-state index contributed by atoms with van der Waals surface area (Å²) in [5.74, 6) is 0.841. The monoisotopic (exact) mass is 457 g/mol. The van der Waals surface area contributed by atoms with E-state index in [0.717, 1.165) is 41.1 Å². The topological polar surface area (TPSA) is 70.7 Å². The van der Waals surface area contributed by atoms with Crippen LogP contribution in [0.1, 0.15) is 47.2 Å². The average molecular weight is 458 g/mol. The van der Waals surface area contributed by atoms with Crippen LogP contribution in [0.3, 0.4) is 0 Å². The molecule has 0 bridgehead atoms. The van der Waals surface area contributed by atoms with Crippen LogP contribution in [0.5, 0.6) is 5.75 Å². The molecule has 0 spiro atoms. The van der Waals surface area contributed by atoms with Crippen LogP contribution in [-0.2, 0) is 0 Å². The van der Waals surface area contributed by atoms with Gasteiger partial charge in [-0.05, 0) is 80.3 Å². The molecule has 0 unspecified atom stereocenters. The normalized spacial score (nSPS) is 15.5. The third-order valence-corrected chi connectivity index (χ3v) is 6.14. The standard InChI is InChI=1S/C28H31N3O3/c1-3-34-25-15-13-24(14-16-25)29-28(33)31-17-7-11-23(19-31)21-9-6-10-22(18-21)27(32)30-26-12-5-4-8-20(26)2/h4-6,8-10,12-16,18,23H,3,7,11,17,19H2,1-2H3,(H,29,33)(H,30,32)/t23-/m1/s1. The number of carbonyl (C=O) groups excluding carboxylic acids is 2. The lowest BCUT2D eigenvalue weighted by atomic mass is 9.89. The van der Waals surface area contributed by atoms with Gasteiger partial charge >= 0.3 is 6.03 Å². The number of para-hydroxylation sites is 1. The van der Waals surface area contributed by atoms with Crippen LogP contribution in [-0.4, -0.2) is 36.5 Å². The number of hydrogen-bond donors (Lipinski definition) is 2. The fraction of sp³-hybridized carbons (Fsp3) is 0.286. The van der Waals surface area contributed by atoms with E-state index < -0.39 is 0 Å². The second kappa shape index (κ2) is 10.9. The minimum absolute atomic E-state index is 0.109. The number of nitrogens with zero attached hydrogens (tertiary/aromatic N) is 1. The van der Waals surface area contributed by atoms with Gasteiger partial charge < -0.3 is 20.3 Å². The zero-order valence-electron chi connectivity index (χ0n) is 19.7. The number of aryl methyl sites for hydroxylation is 1. The largest absolute Gasteiger partial charge is 0.494 e. The van der Waals surface area contributed by atoms with Crippen molar-refractivity contribution in [1.29, 1.82) is 0 Å². The van der Waals surface area contributed by atoms with E-state index in [4.69, 9.17) is 4.74 Å². The van der Waals surface area contributed by atoms with Gasteiger partial charge in [-0.15, -0.1) is 0 Å². The first-order chi connectivity index (χ1) is 16.5. The van der Waals surface area contributed by atoms with Crippen molar-refractivity contribution < 1.29 is 14.3 Å². The molecule has 3 aromatic rings. The molecule has 1 aliphatic heterocycles. The predicted octanol–water partition coefficient (Wildman–Crippen LogP) is 6.06. The van der Waals surface area contributed by atoms with E-state index in [1.54, 1.807) is 0 Å². The summed E-state index contributed by atoms with van der Waals surface area (Å²) in [6.45, 7) is 5.85. The van der Waals surface area contributed by atoms with Gasteiger partial charge in [0.05, 0.1) is 6.61 Å². The highest BCUT2D eigenvalue weighted by Crippen LogP contribution is 2.28. The molecule has 1 fully saturated rings. The summed E-state index contributed by atoms with van der Waals surface area (Å²) in [7, 11) is 0. The first kappa shape index (κ1) is 23.4. The number of rotatable bonds is 6.